The summed E-state index contributed by atoms with van der Waals surface area (Å²) in [5.74, 6) is -0.698. The molecule has 1 aromatic carbocycles. The van der Waals surface area contributed by atoms with E-state index >= 15 is 0 Å². The lowest BCUT2D eigenvalue weighted by Crippen LogP contribution is -2.44. The van der Waals surface area contributed by atoms with Crippen LogP contribution in [0.4, 0.5) is 0 Å². The fourth-order valence-electron chi connectivity index (χ4n) is 5.91. The van der Waals surface area contributed by atoms with Crippen LogP contribution < -0.4 is 11.3 Å². The number of aliphatic hydroxyl groups is 1. The van der Waals surface area contributed by atoms with Crippen LogP contribution in [0.5, 0.6) is 0 Å². The Bertz CT molecular complexity index is 1410. The lowest BCUT2D eigenvalue weighted by atomic mass is 9.83. The number of carbonyl (C=O) groups is 1. The van der Waals surface area contributed by atoms with Gasteiger partial charge in [-0.25, -0.2) is 9.78 Å². The van der Waals surface area contributed by atoms with E-state index in [-0.39, 0.29) is 18.6 Å². The van der Waals surface area contributed by atoms with Crippen molar-refractivity contribution in [2.75, 3.05) is 6.54 Å². The van der Waals surface area contributed by atoms with E-state index in [1.54, 1.807) is 17.6 Å². The van der Waals surface area contributed by atoms with Crippen LogP contribution in [0.1, 0.15) is 59.6 Å². The number of pyridine rings is 2. The molecule has 4 heterocycles. The summed E-state index contributed by atoms with van der Waals surface area (Å²) in [6, 6.07) is 6.04. The van der Waals surface area contributed by atoms with E-state index in [9.17, 15) is 14.7 Å². The second kappa shape index (κ2) is 7.23. The molecule has 2 aliphatic heterocycles. The molecule has 0 radical (unpaired) electrons. The van der Waals surface area contributed by atoms with Gasteiger partial charge in [0, 0.05) is 16.5 Å². The molecule has 0 saturated heterocycles. The number of hydrogen-bond acceptors (Lipinski definition) is 6. The van der Waals surface area contributed by atoms with Crippen LogP contribution >= 0.6 is 0 Å². The number of carbonyl (C=O) groups excluding carboxylic acids is 1. The molecule has 170 valence electrons. The number of ether oxygens (including phenoxy) is 1. The molecule has 0 fully saturated rings. The van der Waals surface area contributed by atoms with Crippen LogP contribution in [-0.2, 0) is 47.5 Å². The Morgan fingerprint density at radius 2 is 2.00 bits per heavy atom. The average molecular weight is 446 g/mol. The number of aromatic nitrogens is 2. The number of aryl methyl sites for hydroxylation is 3. The number of nitrogens with two attached hydrogens (primary N) is 1. The van der Waals surface area contributed by atoms with Crippen molar-refractivity contribution >= 4 is 16.9 Å². The molecule has 7 heteroatoms. The number of rotatable bonds is 4. The number of benzene rings is 1. The topological polar surface area (TPSA) is 107 Å². The first-order valence-corrected chi connectivity index (χ1v) is 11.8. The van der Waals surface area contributed by atoms with Crippen LogP contribution in [-0.4, -0.2) is 27.2 Å². The van der Waals surface area contributed by atoms with Crippen molar-refractivity contribution in [2.24, 2.45) is 5.73 Å². The molecule has 33 heavy (non-hydrogen) atoms. The van der Waals surface area contributed by atoms with E-state index in [1.807, 2.05) is 0 Å². The fraction of sp³-hybridized carbons (Fsp3) is 0.423. The molecule has 1 atom stereocenters. The van der Waals surface area contributed by atoms with Gasteiger partial charge < -0.3 is 20.1 Å². The second-order valence-corrected chi connectivity index (χ2v) is 9.36. The van der Waals surface area contributed by atoms with Gasteiger partial charge in [-0.2, -0.15) is 0 Å². The van der Waals surface area contributed by atoms with E-state index < -0.39 is 11.6 Å². The van der Waals surface area contributed by atoms with Gasteiger partial charge >= 0.3 is 5.97 Å². The van der Waals surface area contributed by atoms with Gasteiger partial charge in [-0.15, -0.1) is 0 Å². The molecule has 3 N–H and O–H groups in total. The highest BCUT2D eigenvalue weighted by Gasteiger charge is 2.45. The van der Waals surface area contributed by atoms with E-state index in [1.165, 1.54) is 22.1 Å². The highest BCUT2D eigenvalue weighted by molar-refractivity contribution is 5.92. The van der Waals surface area contributed by atoms with Gasteiger partial charge in [0.05, 0.1) is 29.0 Å². The molecule has 3 aliphatic rings. The van der Waals surface area contributed by atoms with Crippen LogP contribution in [0, 0.1) is 0 Å². The maximum Gasteiger partial charge on any atom is 0.343 e. The minimum Gasteiger partial charge on any atom is -0.458 e. The summed E-state index contributed by atoms with van der Waals surface area (Å²) in [5.41, 5.74) is 12.0. The van der Waals surface area contributed by atoms with Crippen LogP contribution in [0.2, 0.25) is 0 Å². The first-order chi connectivity index (χ1) is 16.0. The molecular formula is C26H27N3O4. The normalized spacial score (nSPS) is 20.4. The lowest BCUT2D eigenvalue weighted by Gasteiger charge is -2.31. The summed E-state index contributed by atoms with van der Waals surface area (Å²) in [5, 5.41) is 12.3. The Kier molecular flexibility index (Phi) is 4.51. The summed E-state index contributed by atoms with van der Waals surface area (Å²) >= 11 is 0. The Balaban J connectivity index is 1.60. The van der Waals surface area contributed by atoms with Gasteiger partial charge in [0.25, 0.3) is 5.56 Å². The van der Waals surface area contributed by atoms with E-state index in [4.69, 9.17) is 15.5 Å². The molecule has 0 amide bonds. The molecule has 2 aromatic heterocycles. The van der Waals surface area contributed by atoms with Gasteiger partial charge in [-0.3, -0.25) is 4.79 Å². The third-order valence-electron chi connectivity index (χ3n) is 7.68. The zero-order valence-corrected chi connectivity index (χ0v) is 18.7. The zero-order chi connectivity index (χ0) is 22.9. The van der Waals surface area contributed by atoms with Gasteiger partial charge in [0.15, 0.2) is 5.60 Å². The number of nitrogens with zero attached hydrogens (tertiary/aromatic N) is 2. The maximum absolute atomic E-state index is 13.5. The average Bonchev–Trinajstić information content (AvgIpc) is 3.21. The molecule has 7 nitrogen and oxygen atoms in total. The maximum atomic E-state index is 13.5. The monoisotopic (exact) mass is 445 g/mol. The first kappa shape index (κ1) is 20.6. The molecular weight excluding hydrogens is 418 g/mol. The number of cyclic esters (lactones) is 1. The first-order valence-electron chi connectivity index (χ1n) is 11.8. The standard InChI is InChI=1S/C26H27N3O4/c1-2-26(32)19-11-21-23-17(12-29(21)24(30)18(19)13-33-25(26)31)16-7-3-6-15-14(5-4-10-27)8-9-20(28-23)22(15)16/h8-9,11,32H,2-7,10,12-13,27H2,1H3. The highest BCUT2D eigenvalue weighted by atomic mass is 16.6. The number of esters is 1. The number of hydrogen-bond donors (Lipinski definition) is 2. The molecule has 0 spiro atoms. The van der Waals surface area contributed by atoms with E-state index in [2.05, 4.69) is 12.1 Å². The minimum atomic E-state index is -1.80. The van der Waals surface area contributed by atoms with Gasteiger partial charge in [-0.05, 0) is 73.9 Å². The summed E-state index contributed by atoms with van der Waals surface area (Å²) in [7, 11) is 0. The summed E-state index contributed by atoms with van der Waals surface area (Å²) in [6.45, 7) is 2.74. The highest BCUT2D eigenvalue weighted by Crippen LogP contribution is 2.42. The Hall–Kier alpha value is -3.03. The quantitative estimate of drug-likeness (QED) is 0.467. The molecule has 3 aromatic rings. The van der Waals surface area contributed by atoms with Gasteiger partial charge in [0.2, 0.25) is 0 Å². The molecule has 1 aliphatic carbocycles. The Labute approximate surface area is 191 Å². The zero-order valence-electron chi connectivity index (χ0n) is 18.7. The predicted molar refractivity (Wildman–Crippen MR) is 124 cm³/mol. The van der Waals surface area contributed by atoms with Crippen LogP contribution in [0.15, 0.2) is 23.0 Å². The van der Waals surface area contributed by atoms with Crippen molar-refractivity contribution in [1.29, 1.82) is 0 Å². The van der Waals surface area contributed by atoms with Crippen molar-refractivity contribution in [3.05, 3.63) is 61.9 Å². The Morgan fingerprint density at radius 1 is 1.18 bits per heavy atom. The predicted octanol–water partition coefficient (Wildman–Crippen LogP) is 2.46. The van der Waals surface area contributed by atoms with E-state index in [0.29, 0.717) is 29.9 Å². The SMILES string of the molecule is CCC1(O)C(=O)OCc2c1cc1n(c2=O)Cc2c-1nc1ccc(CCCN)c3c1c2CCC3. The lowest BCUT2D eigenvalue weighted by molar-refractivity contribution is -0.172. The van der Waals surface area contributed by atoms with Crippen molar-refractivity contribution < 1.29 is 14.6 Å². The van der Waals surface area contributed by atoms with E-state index in [0.717, 1.165) is 48.9 Å². The summed E-state index contributed by atoms with van der Waals surface area (Å²) in [4.78, 5) is 30.9. The third-order valence-corrected chi connectivity index (χ3v) is 7.68. The van der Waals surface area contributed by atoms with Crippen LogP contribution in [0.25, 0.3) is 22.3 Å². The smallest absolute Gasteiger partial charge is 0.343 e. The van der Waals surface area contributed by atoms with Crippen molar-refractivity contribution in [2.45, 2.75) is 64.2 Å². The minimum absolute atomic E-state index is 0.108. The molecule has 1 unspecified atom stereocenters. The van der Waals surface area contributed by atoms with Gasteiger partial charge in [0.1, 0.15) is 6.61 Å². The third kappa shape index (κ3) is 2.72. The fourth-order valence-corrected chi connectivity index (χ4v) is 5.91. The van der Waals surface area contributed by atoms with Crippen molar-refractivity contribution in [1.82, 2.24) is 9.55 Å². The van der Waals surface area contributed by atoms with Crippen LogP contribution in [0.3, 0.4) is 0 Å². The van der Waals surface area contributed by atoms with Crippen molar-refractivity contribution in [3.63, 3.8) is 0 Å². The van der Waals surface area contributed by atoms with Gasteiger partial charge in [-0.1, -0.05) is 13.0 Å². The molecule has 6 rings (SSSR count). The second-order valence-electron chi connectivity index (χ2n) is 9.36. The Morgan fingerprint density at radius 3 is 2.79 bits per heavy atom. The molecule has 0 bridgehead atoms. The summed E-state index contributed by atoms with van der Waals surface area (Å²) < 4.78 is 6.91. The molecule has 0 saturated carbocycles. The number of fused-ring (bicyclic) bond motifs is 5. The van der Waals surface area contributed by atoms with Crippen molar-refractivity contribution in [3.8, 4) is 11.4 Å². The summed E-state index contributed by atoms with van der Waals surface area (Å²) in [6.07, 6.45) is 5.12. The largest absolute Gasteiger partial charge is 0.458 e.